The molecular weight excluding hydrogens is 717 g/mol. The smallest absolute Gasteiger partial charge is 0.164 e. The van der Waals surface area contributed by atoms with Gasteiger partial charge in [0.1, 0.15) is 11.2 Å². The number of rotatable bonds is 5. The molecule has 0 bridgehead atoms. The Kier molecular flexibility index (Phi) is 7.03. The minimum atomic E-state index is 0.599. The SMILES string of the molecule is c1ccc(-c2nc(-c3cccc(-c4cccc(-n5c6ccccc6c6ccc7c8ccccc8sc7c65)c4)c3)nc(-c3cccc4oc5ccccc5c34)n2)cc1. The van der Waals surface area contributed by atoms with Crippen molar-refractivity contribution in [1.29, 1.82) is 0 Å². The molecule has 0 aliphatic carbocycles. The molecule has 12 aromatic rings. The number of para-hydroxylation sites is 2. The minimum absolute atomic E-state index is 0.599. The van der Waals surface area contributed by atoms with Crippen molar-refractivity contribution < 1.29 is 4.42 Å². The maximum atomic E-state index is 6.26. The van der Waals surface area contributed by atoms with Crippen molar-refractivity contribution in [2.75, 3.05) is 0 Å². The van der Waals surface area contributed by atoms with E-state index in [0.29, 0.717) is 17.5 Å². The van der Waals surface area contributed by atoms with Crippen LogP contribution in [0.4, 0.5) is 0 Å². The number of nitrogens with zero attached hydrogens (tertiary/aromatic N) is 4. The molecule has 0 fully saturated rings. The standard InChI is InChI=1S/C51H30N4OS/c1-2-13-31(14-3-1)49-52-50(54-51(53-49)41-22-12-25-44-46(41)40-21-5-8-24-43(40)56-44)34-17-10-15-32(29-34)33-16-11-18-35(30-33)55-42-23-7-4-19-36(42)38-27-28-39-37-20-6-9-26-45(37)57-48(39)47(38)55/h1-30H. The fourth-order valence-corrected chi connectivity index (χ4v) is 9.70. The van der Waals surface area contributed by atoms with Gasteiger partial charge in [0.2, 0.25) is 0 Å². The third kappa shape index (κ3) is 5.04. The van der Waals surface area contributed by atoms with E-state index in [9.17, 15) is 0 Å². The zero-order valence-electron chi connectivity index (χ0n) is 30.4. The maximum absolute atomic E-state index is 6.26. The summed E-state index contributed by atoms with van der Waals surface area (Å²) in [5.74, 6) is 1.82. The largest absolute Gasteiger partial charge is 0.456 e. The van der Waals surface area contributed by atoms with Gasteiger partial charge in [-0.25, -0.2) is 15.0 Å². The number of furan rings is 1. The molecule has 0 aliphatic rings. The summed E-state index contributed by atoms with van der Waals surface area (Å²) in [5.41, 5.74) is 10.1. The lowest BCUT2D eigenvalue weighted by Crippen LogP contribution is -2.00. The molecule has 0 radical (unpaired) electrons. The topological polar surface area (TPSA) is 56.7 Å². The Morgan fingerprint density at radius 2 is 1.05 bits per heavy atom. The first-order valence-corrected chi connectivity index (χ1v) is 19.8. The Labute approximate surface area is 330 Å². The van der Waals surface area contributed by atoms with Crippen molar-refractivity contribution in [1.82, 2.24) is 19.5 Å². The van der Waals surface area contributed by atoms with Gasteiger partial charge in [0.05, 0.1) is 15.7 Å². The maximum Gasteiger partial charge on any atom is 0.164 e. The Bertz CT molecular complexity index is 3540. The average Bonchev–Trinajstić information content (AvgIpc) is 3.96. The zero-order valence-corrected chi connectivity index (χ0v) is 31.2. The van der Waals surface area contributed by atoms with E-state index in [1.807, 2.05) is 72.0 Å². The van der Waals surface area contributed by atoms with E-state index in [1.165, 1.54) is 42.0 Å². The van der Waals surface area contributed by atoms with Gasteiger partial charge in [0.25, 0.3) is 0 Å². The summed E-state index contributed by atoms with van der Waals surface area (Å²) in [6.45, 7) is 0. The lowest BCUT2D eigenvalue weighted by atomic mass is 10.0. The van der Waals surface area contributed by atoms with E-state index >= 15 is 0 Å². The van der Waals surface area contributed by atoms with Crippen LogP contribution in [-0.2, 0) is 0 Å². The van der Waals surface area contributed by atoms with Crippen molar-refractivity contribution in [3.05, 3.63) is 182 Å². The molecule has 0 unspecified atom stereocenters. The fourth-order valence-electron chi connectivity index (χ4n) is 8.46. The highest BCUT2D eigenvalue weighted by molar-refractivity contribution is 7.26. The lowest BCUT2D eigenvalue weighted by molar-refractivity contribution is 0.669. The second kappa shape index (κ2) is 12.6. The summed E-state index contributed by atoms with van der Waals surface area (Å²) in [7, 11) is 0. The van der Waals surface area contributed by atoms with Crippen molar-refractivity contribution >= 4 is 75.3 Å². The number of benzene rings is 8. The van der Waals surface area contributed by atoms with Gasteiger partial charge in [-0.15, -0.1) is 11.3 Å². The first kappa shape index (κ1) is 31.9. The van der Waals surface area contributed by atoms with Crippen LogP contribution in [0.3, 0.4) is 0 Å². The van der Waals surface area contributed by atoms with Crippen LogP contribution >= 0.6 is 11.3 Å². The molecule has 266 valence electrons. The van der Waals surface area contributed by atoms with Gasteiger partial charge in [0.15, 0.2) is 17.5 Å². The van der Waals surface area contributed by atoms with Gasteiger partial charge < -0.3 is 8.98 Å². The first-order chi connectivity index (χ1) is 28.2. The van der Waals surface area contributed by atoms with E-state index in [4.69, 9.17) is 19.4 Å². The normalized spacial score (nSPS) is 11.9. The molecule has 8 aromatic carbocycles. The van der Waals surface area contributed by atoms with Crippen molar-refractivity contribution in [3.8, 4) is 51.0 Å². The Hall–Kier alpha value is -7.41. The van der Waals surface area contributed by atoms with Gasteiger partial charge in [0, 0.05) is 59.4 Å². The van der Waals surface area contributed by atoms with E-state index in [1.54, 1.807) is 0 Å². The van der Waals surface area contributed by atoms with E-state index in [0.717, 1.165) is 55.4 Å². The summed E-state index contributed by atoms with van der Waals surface area (Å²) in [6.07, 6.45) is 0. The molecule has 0 N–H and O–H groups in total. The number of thiophene rings is 1. The molecule has 12 rings (SSSR count). The monoisotopic (exact) mass is 746 g/mol. The number of aromatic nitrogens is 4. The molecule has 0 aliphatic heterocycles. The van der Waals surface area contributed by atoms with Gasteiger partial charge in [-0.2, -0.15) is 0 Å². The molecule has 0 atom stereocenters. The van der Waals surface area contributed by atoms with E-state index in [2.05, 4.69) is 126 Å². The third-order valence-corrected chi connectivity index (χ3v) is 12.2. The van der Waals surface area contributed by atoms with Crippen LogP contribution in [0.25, 0.3) is 115 Å². The lowest BCUT2D eigenvalue weighted by Gasteiger charge is -2.12. The van der Waals surface area contributed by atoms with Crippen LogP contribution in [-0.4, -0.2) is 19.5 Å². The third-order valence-electron chi connectivity index (χ3n) is 11.0. The van der Waals surface area contributed by atoms with Crippen molar-refractivity contribution in [2.45, 2.75) is 0 Å². The summed E-state index contributed by atoms with van der Waals surface area (Å²) < 4.78 is 11.3. The average molecular weight is 747 g/mol. The molecule has 0 saturated carbocycles. The van der Waals surface area contributed by atoms with Gasteiger partial charge in [-0.3, -0.25) is 0 Å². The number of fused-ring (bicyclic) bond motifs is 10. The highest BCUT2D eigenvalue weighted by Crippen LogP contribution is 2.43. The van der Waals surface area contributed by atoms with Crippen molar-refractivity contribution in [2.24, 2.45) is 0 Å². The molecule has 6 heteroatoms. The van der Waals surface area contributed by atoms with Crippen LogP contribution in [0.2, 0.25) is 0 Å². The summed E-state index contributed by atoms with van der Waals surface area (Å²) >= 11 is 1.87. The predicted octanol–water partition coefficient (Wildman–Crippen LogP) is 13.9. The number of hydrogen-bond donors (Lipinski definition) is 0. The Morgan fingerprint density at radius 1 is 0.421 bits per heavy atom. The highest BCUT2D eigenvalue weighted by atomic mass is 32.1. The van der Waals surface area contributed by atoms with Gasteiger partial charge in [-0.1, -0.05) is 140 Å². The molecule has 4 heterocycles. The van der Waals surface area contributed by atoms with Crippen LogP contribution in [0, 0.1) is 0 Å². The molecule has 4 aromatic heterocycles. The van der Waals surface area contributed by atoms with Crippen molar-refractivity contribution in [3.63, 3.8) is 0 Å². The quantitative estimate of drug-likeness (QED) is 0.176. The molecule has 0 saturated heterocycles. The molecule has 57 heavy (non-hydrogen) atoms. The first-order valence-electron chi connectivity index (χ1n) is 19.0. The van der Waals surface area contributed by atoms with Crippen LogP contribution < -0.4 is 0 Å². The molecule has 0 spiro atoms. The van der Waals surface area contributed by atoms with E-state index in [-0.39, 0.29) is 0 Å². The Morgan fingerprint density at radius 3 is 1.95 bits per heavy atom. The number of hydrogen-bond acceptors (Lipinski definition) is 5. The fraction of sp³-hybridized carbons (Fsp3) is 0. The molecule has 0 amide bonds. The Balaban J connectivity index is 1.03. The summed E-state index contributed by atoms with van der Waals surface area (Å²) in [4.78, 5) is 15.3. The predicted molar refractivity (Wildman–Crippen MR) is 236 cm³/mol. The van der Waals surface area contributed by atoms with E-state index < -0.39 is 0 Å². The highest BCUT2D eigenvalue weighted by Gasteiger charge is 2.20. The van der Waals surface area contributed by atoms with Gasteiger partial charge >= 0.3 is 0 Å². The minimum Gasteiger partial charge on any atom is -0.456 e. The second-order valence-corrected chi connectivity index (χ2v) is 15.4. The zero-order chi connectivity index (χ0) is 37.5. The molecule has 5 nitrogen and oxygen atoms in total. The second-order valence-electron chi connectivity index (χ2n) is 14.4. The van der Waals surface area contributed by atoms with Gasteiger partial charge in [-0.05, 0) is 53.6 Å². The van der Waals surface area contributed by atoms with Crippen LogP contribution in [0.5, 0.6) is 0 Å². The van der Waals surface area contributed by atoms with Crippen LogP contribution in [0.15, 0.2) is 186 Å². The molecular formula is C51H30N4OS. The summed E-state index contributed by atoms with van der Waals surface area (Å²) in [6, 6.07) is 63.8. The summed E-state index contributed by atoms with van der Waals surface area (Å²) in [5, 5.41) is 7.12. The van der Waals surface area contributed by atoms with Crippen LogP contribution in [0.1, 0.15) is 0 Å².